The van der Waals surface area contributed by atoms with E-state index in [0.717, 1.165) is 17.9 Å². The molecule has 0 bridgehead atoms. The smallest absolute Gasteiger partial charge is 0.0246 e. The van der Waals surface area contributed by atoms with Gasteiger partial charge in [-0.1, -0.05) is 41.0 Å². The molecule has 0 aliphatic carbocycles. The molecule has 2 heteroatoms. The van der Waals surface area contributed by atoms with Crippen molar-refractivity contribution in [1.82, 2.24) is 10.2 Å². The second-order valence-corrected chi connectivity index (χ2v) is 6.14. The van der Waals surface area contributed by atoms with Crippen LogP contribution in [0.15, 0.2) is 0 Å². The normalized spacial score (nSPS) is 28.6. The van der Waals surface area contributed by atoms with Gasteiger partial charge in [-0.25, -0.2) is 0 Å². The van der Waals surface area contributed by atoms with Gasteiger partial charge in [0.2, 0.25) is 0 Å². The second kappa shape index (κ2) is 7.38. The minimum absolute atomic E-state index is 0.711. The largest absolute Gasteiger partial charge is 0.311 e. The maximum absolute atomic E-state index is 3.71. The Morgan fingerprint density at radius 1 is 1.24 bits per heavy atom. The van der Waals surface area contributed by atoms with Gasteiger partial charge >= 0.3 is 0 Å². The van der Waals surface area contributed by atoms with Crippen LogP contribution in [-0.2, 0) is 0 Å². The van der Waals surface area contributed by atoms with Crippen molar-refractivity contribution in [2.45, 2.75) is 66.0 Å². The molecule has 17 heavy (non-hydrogen) atoms. The SMILES string of the molecule is CCC1CN(CCC(C)C)C(C(C)CC)CN1. The van der Waals surface area contributed by atoms with E-state index in [9.17, 15) is 0 Å². The number of hydrogen-bond donors (Lipinski definition) is 1. The average Bonchev–Trinajstić information content (AvgIpc) is 2.34. The van der Waals surface area contributed by atoms with E-state index in [1.54, 1.807) is 0 Å². The summed E-state index contributed by atoms with van der Waals surface area (Å²) in [5.74, 6) is 1.63. The zero-order valence-electron chi connectivity index (χ0n) is 12.5. The van der Waals surface area contributed by atoms with Crippen LogP contribution in [0.25, 0.3) is 0 Å². The summed E-state index contributed by atoms with van der Waals surface area (Å²) in [4.78, 5) is 2.75. The Balaban J connectivity index is 2.54. The molecule has 1 saturated heterocycles. The molecule has 0 radical (unpaired) electrons. The maximum atomic E-state index is 3.71. The van der Waals surface area contributed by atoms with Gasteiger partial charge in [-0.05, 0) is 31.2 Å². The predicted molar refractivity (Wildman–Crippen MR) is 76.4 cm³/mol. The Morgan fingerprint density at radius 3 is 2.47 bits per heavy atom. The number of hydrogen-bond acceptors (Lipinski definition) is 2. The van der Waals surface area contributed by atoms with Crippen LogP contribution in [0.3, 0.4) is 0 Å². The highest BCUT2D eigenvalue weighted by atomic mass is 15.2. The lowest BCUT2D eigenvalue weighted by atomic mass is 9.93. The van der Waals surface area contributed by atoms with Crippen LogP contribution in [0, 0.1) is 11.8 Å². The third-order valence-electron chi connectivity index (χ3n) is 4.33. The molecule has 2 nitrogen and oxygen atoms in total. The van der Waals surface area contributed by atoms with E-state index in [-0.39, 0.29) is 0 Å². The molecule has 0 aromatic carbocycles. The van der Waals surface area contributed by atoms with Crippen molar-refractivity contribution in [1.29, 1.82) is 0 Å². The summed E-state index contributed by atoms with van der Waals surface area (Å²) >= 11 is 0. The molecule has 1 rings (SSSR count). The summed E-state index contributed by atoms with van der Waals surface area (Å²) in [7, 11) is 0. The maximum Gasteiger partial charge on any atom is 0.0246 e. The molecule has 102 valence electrons. The number of nitrogens with zero attached hydrogens (tertiary/aromatic N) is 1. The molecular formula is C15H32N2. The monoisotopic (exact) mass is 240 g/mol. The summed E-state index contributed by atoms with van der Waals surface area (Å²) in [5.41, 5.74) is 0. The lowest BCUT2D eigenvalue weighted by molar-refractivity contribution is 0.0857. The van der Waals surface area contributed by atoms with Gasteiger partial charge in [-0.3, -0.25) is 4.90 Å². The minimum atomic E-state index is 0.711. The topological polar surface area (TPSA) is 15.3 Å². The Hall–Kier alpha value is -0.0800. The van der Waals surface area contributed by atoms with E-state index in [0.29, 0.717) is 6.04 Å². The lowest BCUT2D eigenvalue weighted by Gasteiger charge is -2.43. The summed E-state index contributed by atoms with van der Waals surface area (Å²) in [6, 6.07) is 1.46. The molecule has 1 fully saturated rings. The Labute approximate surface area is 108 Å². The number of rotatable bonds is 6. The van der Waals surface area contributed by atoms with E-state index in [1.165, 1.54) is 38.9 Å². The van der Waals surface area contributed by atoms with Gasteiger partial charge in [0.25, 0.3) is 0 Å². The van der Waals surface area contributed by atoms with Crippen molar-refractivity contribution in [3.63, 3.8) is 0 Å². The van der Waals surface area contributed by atoms with Gasteiger partial charge in [0.05, 0.1) is 0 Å². The van der Waals surface area contributed by atoms with Gasteiger partial charge in [0.1, 0.15) is 0 Å². The van der Waals surface area contributed by atoms with Crippen LogP contribution in [0.1, 0.15) is 53.9 Å². The molecule has 0 aromatic rings. The second-order valence-electron chi connectivity index (χ2n) is 6.14. The van der Waals surface area contributed by atoms with Crippen molar-refractivity contribution in [2.75, 3.05) is 19.6 Å². The average molecular weight is 240 g/mol. The highest BCUT2D eigenvalue weighted by molar-refractivity contribution is 4.88. The molecule has 0 spiro atoms. The van der Waals surface area contributed by atoms with Gasteiger partial charge in [0.15, 0.2) is 0 Å². The van der Waals surface area contributed by atoms with Crippen molar-refractivity contribution in [3.05, 3.63) is 0 Å². The molecular weight excluding hydrogens is 208 g/mol. The number of piperazine rings is 1. The molecule has 1 aliphatic rings. The zero-order valence-corrected chi connectivity index (χ0v) is 12.5. The van der Waals surface area contributed by atoms with Gasteiger partial charge < -0.3 is 5.32 Å². The summed E-state index contributed by atoms with van der Waals surface area (Å²) in [6.07, 6.45) is 3.89. The van der Waals surface area contributed by atoms with Gasteiger partial charge in [-0.2, -0.15) is 0 Å². The highest BCUT2D eigenvalue weighted by Crippen LogP contribution is 2.20. The zero-order chi connectivity index (χ0) is 12.8. The number of nitrogens with one attached hydrogen (secondary N) is 1. The van der Waals surface area contributed by atoms with Crippen LogP contribution in [0.4, 0.5) is 0 Å². The fourth-order valence-corrected chi connectivity index (χ4v) is 2.69. The van der Waals surface area contributed by atoms with Crippen LogP contribution >= 0.6 is 0 Å². The first-order valence-corrected chi connectivity index (χ1v) is 7.55. The fourth-order valence-electron chi connectivity index (χ4n) is 2.69. The van der Waals surface area contributed by atoms with Crippen LogP contribution in [0.2, 0.25) is 0 Å². The first kappa shape index (κ1) is 15.0. The first-order chi connectivity index (χ1) is 8.08. The third-order valence-corrected chi connectivity index (χ3v) is 4.33. The van der Waals surface area contributed by atoms with Gasteiger partial charge in [-0.15, -0.1) is 0 Å². The van der Waals surface area contributed by atoms with Crippen molar-refractivity contribution >= 4 is 0 Å². The molecule has 0 saturated carbocycles. The van der Waals surface area contributed by atoms with Crippen LogP contribution in [0.5, 0.6) is 0 Å². The van der Waals surface area contributed by atoms with E-state index >= 15 is 0 Å². The standard InChI is InChI=1S/C15H32N2/c1-6-13(5)15-10-16-14(7-2)11-17(15)9-8-12(3)4/h12-16H,6-11H2,1-5H3. The molecule has 3 unspecified atom stereocenters. The van der Waals surface area contributed by atoms with E-state index in [2.05, 4.69) is 44.8 Å². The quantitative estimate of drug-likeness (QED) is 0.767. The van der Waals surface area contributed by atoms with Crippen LogP contribution < -0.4 is 5.32 Å². The van der Waals surface area contributed by atoms with Crippen molar-refractivity contribution in [3.8, 4) is 0 Å². The minimum Gasteiger partial charge on any atom is -0.311 e. The highest BCUT2D eigenvalue weighted by Gasteiger charge is 2.29. The van der Waals surface area contributed by atoms with Crippen molar-refractivity contribution < 1.29 is 0 Å². The fraction of sp³-hybridized carbons (Fsp3) is 1.00. The third kappa shape index (κ3) is 4.59. The predicted octanol–water partition coefficient (Wildman–Crippen LogP) is 3.13. The summed E-state index contributed by atoms with van der Waals surface area (Å²) in [5, 5.41) is 3.71. The molecule has 3 atom stereocenters. The molecule has 1 aliphatic heterocycles. The Bertz CT molecular complexity index is 203. The van der Waals surface area contributed by atoms with Gasteiger partial charge in [0, 0.05) is 25.2 Å². The summed E-state index contributed by atoms with van der Waals surface area (Å²) in [6.45, 7) is 15.4. The van der Waals surface area contributed by atoms with Crippen molar-refractivity contribution in [2.24, 2.45) is 11.8 Å². The first-order valence-electron chi connectivity index (χ1n) is 7.55. The van der Waals surface area contributed by atoms with E-state index in [1.807, 2.05) is 0 Å². The van der Waals surface area contributed by atoms with E-state index < -0.39 is 0 Å². The molecule has 0 aromatic heterocycles. The Kier molecular flexibility index (Phi) is 6.50. The molecule has 1 heterocycles. The molecule has 0 amide bonds. The lowest BCUT2D eigenvalue weighted by Crippen LogP contribution is -2.58. The Morgan fingerprint density at radius 2 is 1.94 bits per heavy atom. The van der Waals surface area contributed by atoms with Crippen LogP contribution in [-0.4, -0.2) is 36.6 Å². The molecule has 1 N–H and O–H groups in total. The summed E-state index contributed by atoms with van der Waals surface area (Å²) < 4.78 is 0. The van der Waals surface area contributed by atoms with E-state index in [4.69, 9.17) is 0 Å².